The molecule has 2 amide bonds. The molecule has 3 fully saturated rings. The molecule has 1 saturated carbocycles. The molecule has 1 atom stereocenters. The molecule has 3 rings (SSSR count). The molecule has 0 bridgehead atoms. The molecule has 1 N–H and O–H groups in total. The van der Waals surface area contributed by atoms with Crippen molar-refractivity contribution in [2.75, 3.05) is 26.2 Å². The molecule has 0 spiro atoms. The molecule has 0 radical (unpaired) electrons. The van der Waals surface area contributed by atoms with Crippen molar-refractivity contribution in [3.8, 4) is 0 Å². The summed E-state index contributed by atoms with van der Waals surface area (Å²) < 4.78 is 0. The van der Waals surface area contributed by atoms with Gasteiger partial charge in [0.25, 0.3) is 0 Å². The van der Waals surface area contributed by atoms with Gasteiger partial charge in [0.2, 0.25) is 11.8 Å². The van der Waals surface area contributed by atoms with E-state index < -0.39 is 0 Å². The van der Waals surface area contributed by atoms with Crippen LogP contribution in [-0.2, 0) is 9.59 Å². The van der Waals surface area contributed by atoms with Gasteiger partial charge < -0.3 is 5.32 Å². The molecule has 1 unspecified atom stereocenters. The van der Waals surface area contributed by atoms with E-state index in [9.17, 15) is 9.59 Å². The molecular weight excluding hydrogens is 242 g/mol. The van der Waals surface area contributed by atoms with Gasteiger partial charge in [-0.2, -0.15) is 0 Å². The normalized spacial score (nSPS) is 31.2. The van der Waals surface area contributed by atoms with Crippen molar-refractivity contribution in [1.82, 2.24) is 15.1 Å². The molecular formula is C14H23N3O2. The van der Waals surface area contributed by atoms with Gasteiger partial charge in [-0.05, 0) is 25.8 Å². The second-order valence-electron chi connectivity index (χ2n) is 5.90. The summed E-state index contributed by atoms with van der Waals surface area (Å²) in [4.78, 5) is 28.5. The average Bonchev–Trinajstić information content (AvgIpc) is 2.90. The highest BCUT2D eigenvalue weighted by atomic mass is 16.2. The minimum absolute atomic E-state index is 0.0547. The SMILES string of the molecule is O=C1CC(N2CCCNCC2)C(=O)N1C1CCCC1. The maximum atomic E-state index is 12.6. The number of carbonyl (C=O) groups is 2. The van der Waals surface area contributed by atoms with Crippen molar-refractivity contribution < 1.29 is 9.59 Å². The predicted octanol–water partition coefficient (Wildman–Crippen LogP) is 0.352. The summed E-state index contributed by atoms with van der Waals surface area (Å²) in [7, 11) is 0. The predicted molar refractivity (Wildman–Crippen MR) is 71.6 cm³/mol. The lowest BCUT2D eigenvalue weighted by Gasteiger charge is -2.27. The number of nitrogens with zero attached hydrogens (tertiary/aromatic N) is 2. The zero-order chi connectivity index (χ0) is 13.2. The molecule has 2 saturated heterocycles. The van der Waals surface area contributed by atoms with Crippen molar-refractivity contribution >= 4 is 11.8 Å². The standard InChI is InChI=1S/C14H23N3O2/c18-13-10-12(16-8-3-6-15-7-9-16)14(19)17(13)11-4-1-2-5-11/h11-12,15H,1-10H2. The Bertz CT molecular complexity index is 358. The molecule has 5 heteroatoms. The molecule has 0 aromatic carbocycles. The van der Waals surface area contributed by atoms with Crippen LogP contribution in [0, 0.1) is 0 Å². The zero-order valence-electron chi connectivity index (χ0n) is 11.4. The number of rotatable bonds is 2. The largest absolute Gasteiger partial charge is 0.315 e. The van der Waals surface area contributed by atoms with Crippen molar-refractivity contribution in [2.24, 2.45) is 0 Å². The molecule has 2 aliphatic heterocycles. The van der Waals surface area contributed by atoms with Crippen LogP contribution in [0.15, 0.2) is 0 Å². The van der Waals surface area contributed by atoms with Crippen LogP contribution in [0.5, 0.6) is 0 Å². The average molecular weight is 265 g/mol. The molecule has 0 aromatic rings. The minimum Gasteiger partial charge on any atom is -0.315 e. The van der Waals surface area contributed by atoms with E-state index in [-0.39, 0.29) is 23.9 Å². The third-order valence-electron chi connectivity index (χ3n) is 4.66. The first-order chi connectivity index (χ1) is 9.27. The summed E-state index contributed by atoms with van der Waals surface area (Å²) in [6, 6.07) is 0.00287. The Labute approximate surface area is 114 Å². The van der Waals surface area contributed by atoms with Crippen LogP contribution >= 0.6 is 0 Å². The van der Waals surface area contributed by atoms with E-state index >= 15 is 0 Å². The lowest BCUT2D eigenvalue weighted by molar-refractivity contribution is -0.142. The van der Waals surface area contributed by atoms with E-state index in [1.54, 1.807) is 4.90 Å². The first-order valence-corrected chi connectivity index (χ1v) is 7.58. The smallest absolute Gasteiger partial charge is 0.247 e. The fourth-order valence-corrected chi connectivity index (χ4v) is 3.64. The topological polar surface area (TPSA) is 52.7 Å². The maximum absolute atomic E-state index is 12.6. The summed E-state index contributed by atoms with van der Waals surface area (Å²) in [5.74, 6) is 0.123. The number of hydrogen-bond acceptors (Lipinski definition) is 4. The van der Waals surface area contributed by atoms with Crippen LogP contribution in [0.3, 0.4) is 0 Å². The molecule has 0 aromatic heterocycles. The number of carbonyl (C=O) groups excluding carboxylic acids is 2. The van der Waals surface area contributed by atoms with Crippen LogP contribution < -0.4 is 5.32 Å². The molecule has 1 aliphatic carbocycles. The van der Waals surface area contributed by atoms with Gasteiger partial charge in [-0.15, -0.1) is 0 Å². The van der Waals surface area contributed by atoms with E-state index in [2.05, 4.69) is 10.2 Å². The van der Waals surface area contributed by atoms with Crippen molar-refractivity contribution in [1.29, 1.82) is 0 Å². The highest BCUT2D eigenvalue weighted by Gasteiger charge is 2.45. The minimum atomic E-state index is -0.187. The van der Waals surface area contributed by atoms with Gasteiger partial charge in [-0.25, -0.2) is 0 Å². The summed E-state index contributed by atoms with van der Waals surface area (Å²) in [5.41, 5.74) is 0. The van der Waals surface area contributed by atoms with E-state index in [4.69, 9.17) is 0 Å². The van der Waals surface area contributed by atoms with Gasteiger partial charge in [-0.1, -0.05) is 12.8 Å². The number of nitrogens with one attached hydrogen (secondary N) is 1. The molecule has 106 valence electrons. The lowest BCUT2D eigenvalue weighted by Crippen LogP contribution is -2.45. The van der Waals surface area contributed by atoms with E-state index in [1.165, 1.54) is 0 Å². The Hall–Kier alpha value is -0.940. The highest BCUT2D eigenvalue weighted by molar-refractivity contribution is 6.05. The molecule has 19 heavy (non-hydrogen) atoms. The van der Waals surface area contributed by atoms with Gasteiger partial charge >= 0.3 is 0 Å². The second-order valence-corrected chi connectivity index (χ2v) is 5.90. The Kier molecular flexibility index (Phi) is 3.84. The number of amides is 2. The van der Waals surface area contributed by atoms with Gasteiger partial charge in [0.1, 0.15) is 0 Å². The van der Waals surface area contributed by atoms with Crippen molar-refractivity contribution in [3.05, 3.63) is 0 Å². The van der Waals surface area contributed by atoms with E-state index in [1.807, 2.05) is 0 Å². The Balaban J connectivity index is 1.70. The van der Waals surface area contributed by atoms with Crippen LogP contribution in [0.2, 0.25) is 0 Å². The number of imide groups is 1. The summed E-state index contributed by atoms with van der Waals surface area (Å²) >= 11 is 0. The van der Waals surface area contributed by atoms with Crippen molar-refractivity contribution in [3.63, 3.8) is 0 Å². The summed E-state index contributed by atoms with van der Waals surface area (Å²) in [6.07, 6.45) is 5.77. The first kappa shape index (κ1) is 13.1. The fraction of sp³-hybridized carbons (Fsp3) is 0.857. The Morgan fingerprint density at radius 2 is 1.79 bits per heavy atom. The monoisotopic (exact) mass is 265 g/mol. The fourth-order valence-electron chi connectivity index (χ4n) is 3.64. The highest BCUT2D eigenvalue weighted by Crippen LogP contribution is 2.29. The van der Waals surface area contributed by atoms with Crippen LogP contribution in [0.1, 0.15) is 38.5 Å². The third kappa shape index (κ3) is 2.54. The van der Waals surface area contributed by atoms with Gasteiger partial charge in [0.05, 0.1) is 12.5 Å². The third-order valence-corrected chi connectivity index (χ3v) is 4.66. The number of likely N-dealkylation sites (tertiary alicyclic amines) is 1. The Morgan fingerprint density at radius 3 is 2.58 bits per heavy atom. The zero-order valence-corrected chi connectivity index (χ0v) is 11.4. The molecule has 3 aliphatic rings. The van der Waals surface area contributed by atoms with Crippen LogP contribution in [0.25, 0.3) is 0 Å². The first-order valence-electron chi connectivity index (χ1n) is 7.58. The van der Waals surface area contributed by atoms with Gasteiger partial charge in [0.15, 0.2) is 0 Å². The van der Waals surface area contributed by atoms with Gasteiger partial charge in [-0.3, -0.25) is 19.4 Å². The van der Waals surface area contributed by atoms with Gasteiger partial charge in [0, 0.05) is 25.7 Å². The summed E-state index contributed by atoms with van der Waals surface area (Å²) in [6.45, 7) is 3.73. The maximum Gasteiger partial charge on any atom is 0.247 e. The van der Waals surface area contributed by atoms with Crippen LogP contribution in [-0.4, -0.2) is 59.9 Å². The molecule has 2 heterocycles. The quantitative estimate of drug-likeness (QED) is 0.732. The van der Waals surface area contributed by atoms with Crippen molar-refractivity contribution in [2.45, 2.75) is 50.6 Å². The van der Waals surface area contributed by atoms with E-state index in [0.717, 1.165) is 58.3 Å². The number of hydrogen-bond donors (Lipinski definition) is 1. The van der Waals surface area contributed by atoms with Crippen LogP contribution in [0.4, 0.5) is 0 Å². The Morgan fingerprint density at radius 1 is 1.00 bits per heavy atom. The lowest BCUT2D eigenvalue weighted by atomic mass is 10.2. The molecule has 5 nitrogen and oxygen atoms in total. The summed E-state index contributed by atoms with van der Waals surface area (Å²) in [5, 5.41) is 3.34. The van der Waals surface area contributed by atoms with E-state index in [0.29, 0.717) is 6.42 Å². The second kappa shape index (κ2) is 5.59.